The minimum atomic E-state index is -1.11. The molecule has 8 heteroatoms. The normalized spacial score (nSPS) is 15.1. The third kappa shape index (κ3) is 2.36. The zero-order chi connectivity index (χ0) is 12.6. The Kier molecular flexibility index (Phi) is 3.79. The second kappa shape index (κ2) is 4.99. The quantitative estimate of drug-likeness (QED) is 0.393. The van der Waals surface area contributed by atoms with Crippen molar-refractivity contribution in [3.63, 3.8) is 0 Å². The molecule has 2 aromatic rings. The summed E-state index contributed by atoms with van der Waals surface area (Å²) in [6, 6.07) is 0. The number of thiol groups is 1. The molecule has 0 aromatic carbocycles. The number of aliphatic hydroxyl groups is 2. The van der Waals surface area contributed by atoms with Gasteiger partial charge in [0.2, 0.25) is 5.28 Å². The third-order valence-corrected chi connectivity index (χ3v) is 3.18. The van der Waals surface area contributed by atoms with Gasteiger partial charge in [-0.2, -0.15) is 17.6 Å². The first kappa shape index (κ1) is 12.9. The van der Waals surface area contributed by atoms with Gasteiger partial charge >= 0.3 is 0 Å². The van der Waals surface area contributed by atoms with Crippen molar-refractivity contribution in [3.8, 4) is 0 Å². The number of halogens is 2. The molecule has 0 aliphatic heterocycles. The number of fused-ring (bicyclic) bond motifs is 1. The number of aromatic amines is 1. The van der Waals surface area contributed by atoms with Crippen LogP contribution >= 0.6 is 35.8 Å². The standard InChI is InChI=1S/C9H9Cl2N3O2S/c10-7-5-3(6(16)4(15)2-17)1-12-8(5)14-9(11)13-7/h1,4,6,15-17H,2H2,(H,12,13,14). The molecule has 2 atom stereocenters. The highest BCUT2D eigenvalue weighted by molar-refractivity contribution is 7.80. The number of H-pyrrole nitrogens is 1. The van der Waals surface area contributed by atoms with Crippen molar-refractivity contribution in [3.05, 3.63) is 22.2 Å². The molecule has 2 heterocycles. The van der Waals surface area contributed by atoms with Crippen molar-refractivity contribution in [2.24, 2.45) is 0 Å². The molecule has 3 N–H and O–H groups in total. The van der Waals surface area contributed by atoms with E-state index in [9.17, 15) is 10.2 Å². The molecular formula is C9H9Cl2N3O2S. The topological polar surface area (TPSA) is 82.0 Å². The van der Waals surface area contributed by atoms with Gasteiger partial charge < -0.3 is 15.2 Å². The van der Waals surface area contributed by atoms with Crippen LogP contribution in [0.25, 0.3) is 11.0 Å². The summed E-state index contributed by atoms with van der Waals surface area (Å²) in [7, 11) is 0. The Balaban J connectivity index is 2.56. The summed E-state index contributed by atoms with van der Waals surface area (Å²) in [5, 5.41) is 20.0. The van der Waals surface area contributed by atoms with Crippen LogP contribution in [-0.2, 0) is 0 Å². The number of nitrogens with zero attached hydrogens (tertiary/aromatic N) is 2. The molecule has 0 aliphatic carbocycles. The van der Waals surface area contributed by atoms with E-state index >= 15 is 0 Å². The number of hydrogen-bond donors (Lipinski definition) is 4. The lowest BCUT2D eigenvalue weighted by Gasteiger charge is -2.15. The summed E-state index contributed by atoms with van der Waals surface area (Å²) < 4.78 is 0. The predicted octanol–water partition coefficient (Wildman–Crippen LogP) is 1.59. The first-order valence-corrected chi connectivity index (χ1v) is 6.10. The smallest absolute Gasteiger partial charge is 0.225 e. The maximum absolute atomic E-state index is 9.90. The van der Waals surface area contributed by atoms with Gasteiger partial charge in [-0.25, -0.2) is 4.98 Å². The lowest BCUT2D eigenvalue weighted by atomic mass is 10.1. The Morgan fingerprint density at radius 2 is 2.06 bits per heavy atom. The Hall–Kier alpha value is -0.530. The minimum Gasteiger partial charge on any atom is -0.389 e. The molecule has 0 amide bonds. The molecular weight excluding hydrogens is 285 g/mol. The number of hydrogen-bond acceptors (Lipinski definition) is 5. The Morgan fingerprint density at radius 1 is 1.35 bits per heavy atom. The van der Waals surface area contributed by atoms with Gasteiger partial charge in [0.05, 0.1) is 11.5 Å². The van der Waals surface area contributed by atoms with Crippen LogP contribution in [0.4, 0.5) is 0 Å². The Morgan fingerprint density at radius 3 is 2.71 bits per heavy atom. The Bertz CT molecular complexity index is 548. The highest BCUT2D eigenvalue weighted by atomic mass is 35.5. The van der Waals surface area contributed by atoms with E-state index in [-0.39, 0.29) is 16.2 Å². The molecule has 92 valence electrons. The number of aliphatic hydroxyl groups excluding tert-OH is 2. The van der Waals surface area contributed by atoms with Crippen LogP contribution in [0.1, 0.15) is 11.7 Å². The van der Waals surface area contributed by atoms with Gasteiger partial charge in [-0.3, -0.25) is 0 Å². The molecule has 5 nitrogen and oxygen atoms in total. The maximum atomic E-state index is 9.90. The second-order valence-electron chi connectivity index (χ2n) is 3.45. The SMILES string of the molecule is OC(CS)C(O)c1c[nH]c2nc(Cl)nc(Cl)c12. The second-order valence-corrected chi connectivity index (χ2v) is 4.51. The van der Waals surface area contributed by atoms with Crippen LogP contribution in [0.5, 0.6) is 0 Å². The molecule has 0 spiro atoms. The van der Waals surface area contributed by atoms with Crippen LogP contribution in [0, 0.1) is 0 Å². The highest BCUT2D eigenvalue weighted by Crippen LogP contribution is 2.30. The van der Waals surface area contributed by atoms with Gasteiger partial charge in [0.1, 0.15) is 16.9 Å². The molecule has 17 heavy (non-hydrogen) atoms. The first-order chi connectivity index (χ1) is 8.04. The van der Waals surface area contributed by atoms with Crippen molar-refractivity contribution in [1.82, 2.24) is 15.0 Å². The van der Waals surface area contributed by atoms with E-state index in [2.05, 4.69) is 27.6 Å². The van der Waals surface area contributed by atoms with Crippen LogP contribution in [0.3, 0.4) is 0 Å². The van der Waals surface area contributed by atoms with Gasteiger partial charge in [-0.1, -0.05) is 11.6 Å². The maximum Gasteiger partial charge on any atom is 0.225 e. The largest absolute Gasteiger partial charge is 0.389 e. The summed E-state index contributed by atoms with van der Waals surface area (Å²) in [5.74, 6) is 0.125. The monoisotopic (exact) mass is 293 g/mol. The summed E-state index contributed by atoms with van der Waals surface area (Å²) in [6.45, 7) is 0. The van der Waals surface area contributed by atoms with E-state index in [0.29, 0.717) is 16.6 Å². The van der Waals surface area contributed by atoms with Gasteiger partial charge in [0.15, 0.2) is 0 Å². The van der Waals surface area contributed by atoms with Gasteiger partial charge in [0.25, 0.3) is 0 Å². The van der Waals surface area contributed by atoms with E-state index in [1.165, 1.54) is 6.20 Å². The number of nitrogens with one attached hydrogen (secondary N) is 1. The fourth-order valence-corrected chi connectivity index (χ4v) is 2.22. The molecule has 2 rings (SSSR count). The molecule has 0 saturated heterocycles. The first-order valence-electron chi connectivity index (χ1n) is 4.71. The van der Waals surface area contributed by atoms with Crippen molar-refractivity contribution in [2.45, 2.75) is 12.2 Å². The minimum absolute atomic E-state index is 0.0140. The fraction of sp³-hybridized carbons (Fsp3) is 0.333. The summed E-state index contributed by atoms with van der Waals surface area (Å²) in [6.07, 6.45) is -0.591. The van der Waals surface area contributed by atoms with Crippen LogP contribution in [0.15, 0.2) is 6.20 Å². The summed E-state index contributed by atoms with van der Waals surface area (Å²) in [4.78, 5) is 10.5. The zero-order valence-corrected chi connectivity index (χ0v) is 10.8. The predicted molar refractivity (Wildman–Crippen MR) is 68.7 cm³/mol. The molecule has 2 unspecified atom stereocenters. The van der Waals surface area contributed by atoms with Gasteiger partial charge in [-0.05, 0) is 11.6 Å². The van der Waals surface area contributed by atoms with E-state index < -0.39 is 12.2 Å². The number of rotatable bonds is 3. The number of aromatic nitrogens is 3. The van der Waals surface area contributed by atoms with Crippen molar-refractivity contribution >= 4 is 46.9 Å². The van der Waals surface area contributed by atoms with Crippen molar-refractivity contribution < 1.29 is 10.2 Å². The Labute approximate surface area is 112 Å². The molecule has 0 fully saturated rings. The van der Waals surface area contributed by atoms with Crippen molar-refractivity contribution in [1.29, 1.82) is 0 Å². The highest BCUT2D eigenvalue weighted by Gasteiger charge is 2.22. The average molecular weight is 294 g/mol. The van der Waals surface area contributed by atoms with Gasteiger partial charge in [0, 0.05) is 17.5 Å². The lowest BCUT2D eigenvalue weighted by molar-refractivity contribution is 0.0347. The molecule has 0 bridgehead atoms. The van der Waals surface area contributed by atoms with Crippen LogP contribution < -0.4 is 0 Å². The van der Waals surface area contributed by atoms with E-state index in [0.717, 1.165) is 0 Å². The van der Waals surface area contributed by atoms with E-state index in [1.54, 1.807) is 0 Å². The summed E-state index contributed by atoms with van der Waals surface area (Å²) >= 11 is 15.5. The molecule has 2 aromatic heterocycles. The lowest BCUT2D eigenvalue weighted by Crippen LogP contribution is -2.19. The van der Waals surface area contributed by atoms with Crippen LogP contribution in [-0.4, -0.2) is 37.0 Å². The van der Waals surface area contributed by atoms with Crippen molar-refractivity contribution in [2.75, 3.05) is 5.75 Å². The summed E-state index contributed by atoms with van der Waals surface area (Å²) in [5.41, 5.74) is 0.832. The van der Waals surface area contributed by atoms with E-state index in [4.69, 9.17) is 23.2 Å². The average Bonchev–Trinajstić information content (AvgIpc) is 2.70. The molecule has 0 radical (unpaired) electrons. The van der Waals surface area contributed by atoms with Crippen LogP contribution in [0.2, 0.25) is 10.4 Å². The van der Waals surface area contributed by atoms with Gasteiger partial charge in [-0.15, -0.1) is 0 Å². The third-order valence-electron chi connectivity index (χ3n) is 2.36. The fourth-order valence-electron chi connectivity index (χ4n) is 1.53. The zero-order valence-electron chi connectivity index (χ0n) is 8.43. The van der Waals surface area contributed by atoms with E-state index in [1.807, 2.05) is 0 Å². The molecule has 0 saturated carbocycles. The molecule has 0 aliphatic rings.